The van der Waals surface area contributed by atoms with E-state index in [2.05, 4.69) is 27.7 Å². The molecule has 0 aromatic heterocycles. The van der Waals surface area contributed by atoms with Crippen LogP contribution in [-0.2, 0) is 4.79 Å². The number of hydrogen-bond donors (Lipinski definition) is 2. The van der Waals surface area contributed by atoms with Gasteiger partial charge in [-0.15, -0.1) is 24.8 Å². The Morgan fingerprint density at radius 3 is 2.68 bits per heavy atom. The molecule has 3 aliphatic heterocycles. The van der Waals surface area contributed by atoms with Crippen LogP contribution in [0.15, 0.2) is 24.3 Å². The summed E-state index contributed by atoms with van der Waals surface area (Å²) in [6.45, 7) is 1.92. The third kappa shape index (κ3) is 5.68. The topological polar surface area (TPSA) is 53.6 Å². The van der Waals surface area contributed by atoms with E-state index in [1.807, 2.05) is 12.1 Å². The Bertz CT molecular complexity index is 634. The fourth-order valence-electron chi connectivity index (χ4n) is 5.03. The third-order valence-electron chi connectivity index (χ3n) is 6.25. The number of nitrogens with zero attached hydrogens (tertiary/aromatic N) is 1. The third-order valence-corrected chi connectivity index (χ3v) is 6.25. The van der Waals surface area contributed by atoms with Gasteiger partial charge in [0, 0.05) is 49.4 Å². The molecular formula is C21H33Cl2N3O2. The van der Waals surface area contributed by atoms with Crippen LogP contribution >= 0.6 is 24.8 Å². The van der Waals surface area contributed by atoms with Crippen LogP contribution < -0.4 is 20.3 Å². The SMILES string of the molecule is COc1cccc(N2CCCC(NC(=O)CC3CC4CCC(C3)N4)C2)c1.Cl.Cl. The minimum Gasteiger partial charge on any atom is -0.497 e. The molecule has 3 atom stereocenters. The summed E-state index contributed by atoms with van der Waals surface area (Å²) in [5.41, 5.74) is 1.18. The second-order valence-corrected chi connectivity index (χ2v) is 8.23. The molecule has 3 saturated heterocycles. The molecule has 158 valence electrons. The molecular weight excluding hydrogens is 397 g/mol. The molecule has 4 rings (SSSR count). The summed E-state index contributed by atoms with van der Waals surface area (Å²) in [4.78, 5) is 14.9. The lowest BCUT2D eigenvalue weighted by atomic mass is 9.89. The molecule has 1 amide bonds. The summed E-state index contributed by atoms with van der Waals surface area (Å²) in [6, 6.07) is 9.77. The number of benzene rings is 1. The van der Waals surface area contributed by atoms with E-state index >= 15 is 0 Å². The summed E-state index contributed by atoms with van der Waals surface area (Å²) < 4.78 is 5.34. The van der Waals surface area contributed by atoms with Crippen LogP contribution in [0.4, 0.5) is 5.69 Å². The summed E-state index contributed by atoms with van der Waals surface area (Å²) >= 11 is 0. The van der Waals surface area contributed by atoms with Crippen molar-refractivity contribution in [1.82, 2.24) is 10.6 Å². The van der Waals surface area contributed by atoms with Crippen molar-refractivity contribution in [2.75, 3.05) is 25.1 Å². The van der Waals surface area contributed by atoms with Crippen molar-refractivity contribution >= 4 is 36.4 Å². The number of piperidine rings is 2. The Morgan fingerprint density at radius 2 is 1.96 bits per heavy atom. The first kappa shape index (κ1) is 23.1. The van der Waals surface area contributed by atoms with Gasteiger partial charge in [0.25, 0.3) is 0 Å². The van der Waals surface area contributed by atoms with Crippen LogP contribution in [0, 0.1) is 5.92 Å². The van der Waals surface area contributed by atoms with Crippen LogP contribution in [-0.4, -0.2) is 44.2 Å². The predicted molar refractivity (Wildman–Crippen MR) is 118 cm³/mol. The maximum absolute atomic E-state index is 12.6. The van der Waals surface area contributed by atoms with E-state index in [1.54, 1.807) is 7.11 Å². The molecule has 7 heteroatoms. The van der Waals surface area contributed by atoms with Crippen LogP contribution in [0.1, 0.15) is 44.9 Å². The summed E-state index contributed by atoms with van der Waals surface area (Å²) in [6.07, 6.45) is 7.81. The van der Waals surface area contributed by atoms with Crippen molar-refractivity contribution in [2.45, 2.75) is 63.1 Å². The second kappa shape index (κ2) is 10.6. The average molecular weight is 430 g/mol. The highest BCUT2D eigenvalue weighted by atomic mass is 35.5. The highest BCUT2D eigenvalue weighted by molar-refractivity contribution is 5.85. The average Bonchev–Trinajstić information content (AvgIpc) is 3.00. The highest BCUT2D eigenvalue weighted by Gasteiger charge is 2.34. The van der Waals surface area contributed by atoms with E-state index in [0.717, 1.165) is 31.7 Å². The number of anilines is 1. The number of amides is 1. The van der Waals surface area contributed by atoms with Crippen LogP contribution in [0.2, 0.25) is 0 Å². The number of hydrogen-bond acceptors (Lipinski definition) is 4. The molecule has 1 aromatic carbocycles. The number of rotatable bonds is 5. The number of carbonyl (C=O) groups is 1. The Balaban J connectivity index is 0.00000140. The molecule has 1 aromatic rings. The largest absolute Gasteiger partial charge is 0.497 e. The minimum absolute atomic E-state index is 0. The lowest BCUT2D eigenvalue weighted by molar-refractivity contribution is -0.123. The van der Waals surface area contributed by atoms with E-state index < -0.39 is 0 Å². The maximum Gasteiger partial charge on any atom is 0.220 e. The van der Waals surface area contributed by atoms with Crippen molar-refractivity contribution in [3.63, 3.8) is 0 Å². The number of halogens is 2. The van der Waals surface area contributed by atoms with E-state index in [1.165, 1.54) is 31.4 Å². The van der Waals surface area contributed by atoms with E-state index in [4.69, 9.17) is 4.74 Å². The van der Waals surface area contributed by atoms with Gasteiger partial charge < -0.3 is 20.3 Å². The molecule has 5 nitrogen and oxygen atoms in total. The number of fused-ring (bicyclic) bond motifs is 2. The molecule has 3 fully saturated rings. The van der Waals surface area contributed by atoms with Crippen molar-refractivity contribution in [1.29, 1.82) is 0 Å². The number of methoxy groups -OCH3 is 1. The first-order valence-electron chi connectivity index (χ1n) is 10.1. The van der Waals surface area contributed by atoms with Gasteiger partial charge in [0.2, 0.25) is 5.91 Å². The molecule has 3 heterocycles. The monoisotopic (exact) mass is 429 g/mol. The van der Waals surface area contributed by atoms with Crippen molar-refractivity contribution in [3.8, 4) is 5.75 Å². The second-order valence-electron chi connectivity index (χ2n) is 8.23. The standard InChI is InChI=1S/C21H31N3O2.2ClH/c1-26-20-6-2-5-19(13-20)24-9-3-4-18(14-24)23-21(25)12-15-10-16-7-8-17(11-15)22-16;;/h2,5-6,13,15-18,22H,3-4,7-12,14H2,1H3,(H,23,25);2*1H. The van der Waals surface area contributed by atoms with Gasteiger partial charge in [-0.3, -0.25) is 4.79 Å². The zero-order valence-electron chi connectivity index (χ0n) is 16.6. The molecule has 0 saturated carbocycles. The normalized spacial score (nSPS) is 28.7. The van der Waals surface area contributed by atoms with Gasteiger partial charge >= 0.3 is 0 Å². The number of nitrogens with one attached hydrogen (secondary N) is 2. The van der Waals surface area contributed by atoms with Gasteiger partial charge in [0.15, 0.2) is 0 Å². The Hall–Kier alpha value is -1.17. The van der Waals surface area contributed by atoms with E-state index in [0.29, 0.717) is 24.4 Å². The van der Waals surface area contributed by atoms with Crippen LogP contribution in [0.5, 0.6) is 5.75 Å². The molecule has 3 aliphatic rings. The number of ether oxygens (including phenoxy) is 1. The van der Waals surface area contributed by atoms with Gasteiger partial charge in [-0.2, -0.15) is 0 Å². The van der Waals surface area contributed by atoms with Gasteiger partial charge in [-0.1, -0.05) is 6.07 Å². The van der Waals surface area contributed by atoms with Gasteiger partial charge in [-0.05, 0) is 56.6 Å². The molecule has 0 radical (unpaired) electrons. The lowest BCUT2D eigenvalue weighted by Gasteiger charge is -2.35. The van der Waals surface area contributed by atoms with Gasteiger partial charge in [0.05, 0.1) is 7.11 Å². The van der Waals surface area contributed by atoms with E-state index in [9.17, 15) is 4.79 Å². The molecule has 0 aliphatic carbocycles. The van der Waals surface area contributed by atoms with Crippen molar-refractivity contribution in [3.05, 3.63) is 24.3 Å². The Morgan fingerprint density at radius 1 is 1.21 bits per heavy atom. The van der Waals surface area contributed by atoms with Crippen molar-refractivity contribution in [2.24, 2.45) is 5.92 Å². The Kier molecular flexibility index (Phi) is 8.72. The predicted octanol–water partition coefficient (Wildman–Crippen LogP) is 3.54. The fraction of sp³-hybridized carbons (Fsp3) is 0.667. The highest BCUT2D eigenvalue weighted by Crippen LogP contribution is 2.32. The van der Waals surface area contributed by atoms with Crippen molar-refractivity contribution < 1.29 is 9.53 Å². The fourth-order valence-corrected chi connectivity index (χ4v) is 5.03. The first-order valence-corrected chi connectivity index (χ1v) is 10.1. The molecule has 0 spiro atoms. The summed E-state index contributed by atoms with van der Waals surface area (Å²) in [7, 11) is 1.70. The molecule has 28 heavy (non-hydrogen) atoms. The van der Waals surface area contributed by atoms with Gasteiger partial charge in [-0.25, -0.2) is 0 Å². The zero-order valence-corrected chi connectivity index (χ0v) is 18.2. The minimum atomic E-state index is 0. The molecule has 2 N–H and O–H groups in total. The molecule has 3 unspecified atom stereocenters. The quantitative estimate of drug-likeness (QED) is 0.751. The number of carbonyl (C=O) groups excluding carboxylic acids is 1. The van der Waals surface area contributed by atoms with E-state index in [-0.39, 0.29) is 36.8 Å². The maximum atomic E-state index is 12.6. The van der Waals surface area contributed by atoms with Crippen LogP contribution in [0.3, 0.4) is 0 Å². The summed E-state index contributed by atoms with van der Waals surface area (Å²) in [5, 5.41) is 6.97. The smallest absolute Gasteiger partial charge is 0.220 e. The Labute approximate surface area is 180 Å². The zero-order chi connectivity index (χ0) is 17.9. The van der Waals surface area contributed by atoms with Gasteiger partial charge in [0.1, 0.15) is 5.75 Å². The first-order chi connectivity index (χ1) is 12.7. The molecule has 2 bridgehead atoms. The summed E-state index contributed by atoms with van der Waals surface area (Å²) in [5.74, 6) is 1.69. The lowest BCUT2D eigenvalue weighted by Crippen LogP contribution is -2.48. The van der Waals surface area contributed by atoms with Crippen LogP contribution in [0.25, 0.3) is 0 Å².